The maximum absolute atomic E-state index is 13.3. The van der Waals surface area contributed by atoms with Crippen molar-refractivity contribution in [3.63, 3.8) is 0 Å². The topological polar surface area (TPSA) is 66.8 Å². The lowest BCUT2D eigenvalue weighted by Gasteiger charge is -2.31. The smallest absolute Gasteiger partial charge is 0.264 e. The monoisotopic (exact) mass is 425 g/mol. The Morgan fingerprint density at radius 1 is 1.34 bits per heavy atom. The molecular weight excluding hydrogens is 406 g/mol. The molecule has 29 heavy (non-hydrogen) atoms. The standard InChI is InChI=1S/C21H20ClN5OS/c1-13-17-11-18(29-21(17)27(25-13)16-6-2-5-15(22)10-16)20(28)26-9-3-4-14(12-26)19-23-7-8-24-19/h2,5-8,10-11,14H,3-4,9,12H2,1H3,(H,23,24). The number of imidazole rings is 1. The molecule has 0 bridgehead atoms. The van der Waals surface area contributed by atoms with Gasteiger partial charge in [0.15, 0.2) is 0 Å². The summed E-state index contributed by atoms with van der Waals surface area (Å²) in [7, 11) is 0. The number of aromatic nitrogens is 4. The number of thiophene rings is 1. The number of aromatic amines is 1. The first-order chi connectivity index (χ1) is 14.1. The number of nitrogens with one attached hydrogen (secondary N) is 1. The van der Waals surface area contributed by atoms with Crippen LogP contribution in [0, 0.1) is 6.92 Å². The van der Waals surface area contributed by atoms with Crippen molar-refractivity contribution in [2.75, 3.05) is 13.1 Å². The SMILES string of the molecule is Cc1nn(-c2cccc(Cl)c2)c2sc(C(=O)N3CCCC(c4ncc[nH]4)C3)cc12. The van der Waals surface area contributed by atoms with Crippen molar-refractivity contribution in [2.24, 2.45) is 0 Å². The summed E-state index contributed by atoms with van der Waals surface area (Å²) in [6, 6.07) is 9.57. The normalized spacial score (nSPS) is 17.2. The Hall–Kier alpha value is -2.64. The number of carbonyl (C=O) groups excluding carboxylic acids is 1. The highest BCUT2D eigenvalue weighted by atomic mass is 35.5. The largest absolute Gasteiger partial charge is 0.348 e. The van der Waals surface area contributed by atoms with E-state index in [9.17, 15) is 4.79 Å². The van der Waals surface area contributed by atoms with E-state index in [0.29, 0.717) is 11.6 Å². The molecule has 1 saturated heterocycles. The van der Waals surface area contributed by atoms with Crippen molar-refractivity contribution < 1.29 is 4.79 Å². The van der Waals surface area contributed by atoms with E-state index in [1.54, 1.807) is 6.20 Å². The molecule has 5 rings (SSSR count). The second kappa shape index (κ2) is 7.31. The van der Waals surface area contributed by atoms with Gasteiger partial charge in [-0.3, -0.25) is 4.79 Å². The van der Waals surface area contributed by atoms with Gasteiger partial charge in [0.05, 0.1) is 16.3 Å². The van der Waals surface area contributed by atoms with Crippen LogP contribution in [-0.4, -0.2) is 43.6 Å². The summed E-state index contributed by atoms with van der Waals surface area (Å²) in [4.78, 5) is 24.5. The van der Waals surface area contributed by atoms with Gasteiger partial charge in [-0.25, -0.2) is 9.67 Å². The number of piperidine rings is 1. The first kappa shape index (κ1) is 18.4. The molecule has 0 radical (unpaired) electrons. The molecule has 1 atom stereocenters. The lowest BCUT2D eigenvalue weighted by molar-refractivity contribution is 0.0710. The lowest BCUT2D eigenvalue weighted by Crippen LogP contribution is -2.39. The van der Waals surface area contributed by atoms with Gasteiger partial charge < -0.3 is 9.88 Å². The highest BCUT2D eigenvalue weighted by Gasteiger charge is 2.28. The van der Waals surface area contributed by atoms with Crippen molar-refractivity contribution in [1.82, 2.24) is 24.6 Å². The van der Waals surface area contributed by atoms with Gasteiger partial charge in [-0.2, -0.15) is 5.10 Å². The minimum atomic E-state index is 0.0829. The van der Waals surface area contributed by atoms with Gasteiger partial charge in [0.1, 0.15) is 10.7 Å². The summed E-state index contributed by atoms with van der Waals surface area (Å²) in [5.74, 6) is 1.31. The third-order valence-corrected chi connectivity index (χ3v) is 6.76. The number of halogens is 1. The molecule has 1 aliphatic rings. The maximum Gasteiger partial charge on any atom is 0.264 e. The number of fused-ring (bicyclic) bond motifs is 1. The highest BCUT2D eigenvalue weighted by Crippen LogP contribution is 2.33. The number of H-pyrrole nitrogens is 1. The number of aryl methyl sites for hydroxylation is 1. The molecule has 4 heterocycles. The molecule has 1 unspecified atom stereocenters. The summed E-state index contributed by atoms with van der Waals surface area (Å²) in [6.45, 7) is 3.45. The zero-order valence-electron chi connectivity index (χ0n) is 15.9. The van der Waals surface area contributed by atoms with Crippen LogP contribution < -0.4 is 0 Å². The van der Waals surface area contributed by atoms with Crippen LogP contribution in [-0.2, 0) is 0 Å². The van der Waals surface area contributed by atoms with E-state index in [4.69, 9.17) is 11.6 Å². The summed E-state index contributed by atoms with van der Waals surface area (Å²) in [5.41, 5.74) is 1.80. The molecule has 4 aromatic rings. The van der Waals surface area contributed by atoms with Gasteiger partial charge in [0, 0.05) is 41.8 Å². The Kier molecular flexibility index (Phi) is 4.64. The summed E-state index contributed by atoms with van der Waals surface area (Å²) in [6.07, 6.45) is 5.64. The fourth-order valence-corrected chi connectivity index (χ4v) is 5.31. The molecular formula is C21H20ClN5OS. The van der Waals surface area contributed by atoms with Crippen molar-refractivity contribution in [3.05, 3.63) is 64.1 Å². The van der Waals surface area contributed by atoms with E-state index in [-0.39, 0.29) is 11.8 Å². The van der Waals surface area contributed by atoms with Crippen LogP contribution in [0.3, 0.4) is 0 Å². The highest BCUT2D eigenvalue weighted by molar-refractivity contribution is 7.20. The summed E-state index contributed by atoms with van der Waals surface area (Å²) < 4.78 is 1.87. The van der Waals surface area contributed by atoms with Crippen LogP contribution in [0.2, 0.25) is 5.02 Å². The first-order valence-corrected chi connectivity index (χ1v) is 10.8. The molecule has 1 amide bonds. The number of rotatable bonds is 3. The number of hydrogen-bond donors (Lipinski definition) is 1. The number of nitrogens with zero attached hydrogens (tertiary/aromatic N) is 4. The number of carbonyl (C=O) groups is 1. The number of amides is 1. The van der Waals surface area contributed by atoms with Crippen LogP contribution in [0.15, 0.2) is 42.7 Å². The number of hydrogen-bond acceptors (Lipinski definition) is 4. The molecule has 6 nitrogen and oxygen atoms in total. The van der Waals surface area contributed by atoms with Crippen molar-refractivity contribution in [1.29, 1.82) is 0 Å². The van der Waals surface area contributed by atoms with Crippen LogP contribution in [0.1, 0.15) is 39.9 Å². The Morgan fingerprint density at radius 3 is 3.03 bits per heavy atom. The third-order valence-electron chi connectivity index (χ3n) is 5.42. The Bertz CT molecular complexity index is 1180. The molecule has 3 aromatic heterocycles. The van der Waals surface area contributed by atoms with Gasteiger partial charge in [-0.15, -0.1) is 11.3 Å². The van der Waals surface area contributed by atoms with Gasteiger partial charge in [0.2, 0.25) is 0 Å². The molecule has 1 aromatic carbocycles. The van der Waals surface area contributed by atoms with E-state index in [0.717, 1.165) is 51.7 Å². The zero-order valence-corrected chi connectivity index (χ0v) is 17.5. The predicted molar refractivity (Wildman–Crippen MR) is 115 cm³/mol. The Labute approximate surface area is 177 Å². The van der Waals surface area contributed by atoms with Crippen molar-refractivity contribution >= 4 is 39.1 Å². The molecule has 148 valence electrons. The van der Waals surface area contributed by atoms with E-state index in [1.807, 2.05) is 53.0 Å². The van der Waals surface area contributed by atoms with Gasteiger partial charge in [-0.05, 0) is 44.0 Å². The van der Waals surface area contributed by atoms with Crippen LogP contribution >= 0.6 is 22.9 Å². The average molecular weight is 426 g/mol. The second-order valence-corrected chi connectivity index (χ2v) is 8.84. The Balaban J connectivity index is 1.46. The molecule has 1 fully saturated rings. The second-order valence-electron chi connectivity index (χ2n) is 7.37. The molecule has 8 heteroatoms. The van der Waals surface area contributed by atoms with Gasteiger partial charge in [-0.1, -0.05) is 17.7 Å². The Morgan fingerprint density at radius 2 is 2.24 bits per heavy atom. The molecule has 0 spiro atoms. The van der Waals surface area contributed by atoms with Crippen LogP contribution in [0.4, 0.5) is 0 Å². The third kappa shape index (κ3) is 3.34. The predicted octanol–water partition coefficient (Wildman–Crippen LogP) is 4.79. The van der Waals surface area contributed by atoms with Gasteiger partial charge in [0.25, 0.3) is 5.91 Å². The van der Waals surface area contributed by atoms with E-state index in [1.165, 1.54) is 11.3 Å². The zero-order chi connectivity index (χ0) is 20.0. The van der Waals surface area contributed by atoms with Crippen molar-refractivity contribution in [3.8, 4) is 5.69 Å². The first-order valence-electron chi connectivity index (χ1n) is 9.64. The molecule has 1 aliphatic heterocycles. The molecule has 0 aliphatic carbocycles. The molecule has 1 N–H and O–H groups in total. The number of likely N-dealkylation sites (tertiary alicyclic amines) is 1. The average Bonchev–Trinajstić information content (AvgIpc) is 3.46. The van der Waals surface area contributed by atoms with Gasteiger partial charge >= 0.3 is 0 Å². The fraction of sp³-hybridized carbons (Fsp3) is 0.286. The van der Waals surface area contributed by atoms with E-state index in [2.05, 4.69) is 15.1 Å². The lowest BCUT2D eigenvalue weighted by atomic mass is 9.97. The minimum Gasteiger partial charge on any atom is -0.348 e. The summed E-state index contributed by atoms with van der Waals surface area (Å²) in [5, 5.41) is 6.32. The van der Waals surface area contributed by atoms with Crippen LogP contribution in [0.25, 0.3) is 15.9 Å². The fourth-order valence-electron chi connectivity index (χ4n) is 3.98. The number of benzene rings is 1. The quantitative estimate of drug-likeness (QED) is 0.513. The minimum absolute atomic E-state index is 0.0829. The maximum atomic E-state index is 13.3. The molecule has 0 saturated carbocycles. The van der Waals surface area contributed by atoms with E-state index >= 15 is 0 Å². The van der Waals surface area contributed by atoms with Crippen LogP contribution in [0.5, 0.6) is 0 Å². The van der Waals surface area contributed by atoms with E-state index < -0.39 is 0 Å². The van der Waals surface area contributed by atoms with Crippen molar-refractivity contribution in [2.45, 2.75) is 25.7 Å². The summed E-state index contributed by atoms with van der Waals surface area (Å²) >= 11 is 7.65.